The Morgan fingerprint density at radius 2 is 2.39 bits per heavy atom. The average Bonchev–Trinajstić information content (AvgIpc) is 2.96. The molecule has 2 heterocycles. The number of nitrogens with zero attached hydrogens (tertiary/aromatic N) is 2. The first kappa shape index (κ1) is 11.1. The van der Waals surface area contributed by atoms with Crippen molar-refractivity contribution in [2.45, 2.75) is 18.9 Å². The maximum absolute atomic E-state index is 10.8. The molecular formula is C13H14N2O3. The van der Waals surface area contributed by atoms with Gasteiger partial charge in [-0.2, -0.15) is 0 Å². The van der Waals surface area contributed by atoms with Gasteiger partial charge in [-0.15, -0.1) is 0 Å². The van der Waals surface area contributed by atoms with Crippen LogP contribution < -0.4 is 4.90 Å². The van der Waals surface area contributed by atoms with Gasteiger partial charge in [0.25, 0.3) is 0 Å². The number of hydrogen-bond donors (Lipinski definition) is 1. The number of carboxylic acids is 1. The number of carboxylic acid groups (broad SMARTS) is 1. The maximum Gasteiger partial charge on any atom is 0.348 e. The number of anilines is 1. The number of carbonyl (C=O) groups is 1. The van der Waals surface area contributed by atoms with Crippen LogP contribution in [0, 0.1) is 0 Å². The molecule has 0 fully saturated rings. The number of hydrogen-bond acceptors (Lipinski definition) is 4. The van der Waals surface area contributed by atoms with Crippen LogP contribution in [0.2, 0.25) is 0 Å². The number of fused-ring (bicyclic) bond motifs is 1. The number of likely N-dealkylation sites (N-methyl/N-ethyl adjacent to an activating group) is 1. The van der Waals surface area contributed by atoms with Crippen LogP contribution >= 0.6 is 0 Å². The molecule has 3 rings (SSSR count). The van der Waals surface area contributed by atoms with Gasteiger partial charge < -0.3 is 14.8 Å². The minimum atomic E-state index is -0.963. The standard InChI is InChI=1S/C13H14N2O3/c1-15-5-4-9-6-8(2-3-11(9)15)10-7-12(13(16)17)18-14-10/h2-3,6,12H,4-5,7H2,1H3,(H,16,17). The molecule has 1 N–H and O–H groups in total. The van der Waals surface area contributed by atoms with Crippen LogP contribution in [0.1, 0.15) is 17.5 Å². The minimum Gasteiger partial charge on any atom is -0.478 e. The Morgan fingerprint density at radius 3 is 3.11 bits per heavy atom. The maximum atomic E-state index is 10.8. The minimum absolute atomic E-state index is 0.337. The molecule has 2 aliphatic heterocycles. The van der Waals surface area contributed by atoms with Crippen molar-refractivity contribution >= 4 is 17.4 Å². The molecule has 1 atom stereocenters. The molecule has 5 heteroatoms. The van der Waals surface area contributed by atoms with E-state index in [0.29, 0.717) is 6.42 Å². The van der Waals surface area contributed by atoms with Crippen LogP contribution in [0.25, 0.3) is 0 Å². The first-order valence-electron chi connectivity index (χ1n) is 5.95. The smallest absolute Gasteiger partial charge is 0.348 e. The number of rotatable bonds is 2. The van der Waals surface area contributed by atoms with Crippen molar-refractivity contribution in [1.82, 2.24) is 0 Å². The van der Waals surface area contributed by atoms with Gasteiger partial charge in [0.2, 0.25) is 6.10 Å². The summed E-state index contributed by atoms with van der Waals surface area (Å²) >= 11 is 0. The van der Waals surface area contributed by atoms with E-state index in [1.165, 1.54) is 11.3 Å². The molecule has 2 aliphatic rings. The Bertz CT molecular complexity index is 539. The molecule has 1 unspecified atom stereocenters. The molecule has 0 saturated carbocycles. The lowest BCUT2D eigenvalue weighted by molar-refractivity contribution is -0.148. The zero-order chi connectivity index (χ0) is 12.7. The predicted molar refractivity (Wildman–Crippen MR) is 67.1 cm³/mol. The molecule has 0 saturated heterocycles. The number of oxime groups is 1. The molecular weight excluding hydrogens is 232 g/mol. The summed E-state index contributed by atoms with van der Waals surface area (Å²) in [6, 6.07) is 6.13. The van der Waals surface area contributed by atoms with Gasteiger partial charge in [0.05, 0.1) is 5.71 Å². The number of benzene rings is 1. The summed E-state index contributed by atoms with van der Waals surface area (Å²) in [5.41, 5.74) is 4.22. The molecule has 0 radical (unpaired) electrons. The summed E-state index contributed by atoms with van der Waals surface area (Å²) < 4.78 is 0. The second kappa shape index (κ2) is 4.01. The van der Waals surface area contributed by atoms with Gasteiger partial charge in [0.1, 0.15) is 0 Å². The van der Waals surface area contributed by atoms with Gasteiger partial charge in [0, 0.05) is 25.7 Å². The zero-order valence-corrected chi connectivity index (χ0v) is 10.1. The summed E-state index contributed by atoms with van der Waals surface area (Å²) in [6.07, 6.45) is 0.524. The first-order valence-corrected chi connectivity index (χ1v) is 5.95. The second-order valence-corrected chi connectivity index (χ2v) is 4.69. The van der Waals surface area contributed by atoms with Crippen LogP contribution in [0.4, 0.5) is 5.69 Å². The fraction of sp³-hybridized carbons (Fsp3) is 0.385. The van der Waals surface area contributed by atoms with E-state index in [9.17, 15) is 4.79 Å². The first-order chi connectivity index (χ1) is 8.65. The summed E-state index contributed by atoms with van der Waals surface area (Å²) in [7, 11) is 2.07. The Morgan fingerprint density at radius 1 is 1.56 bits per heavy atom. The SMILES string of the molecule is CN1CCc2cc(C3=NOC(C(=O)O)C3)ccc21. The Balaban J connectivity index is 1.85. The van der Waals surface area contributed by atoms with E-state index in [-0.39, 0.29) is 0 Å². The molecule has 1 aromatic rings. The molecule has 18 heavy (non-hydrogen) atoms. The van der Waals surface area contributed by atoms with Crippen molar-refractivity contribution in [1.29, 1.82) is 0 Å². The van der Waals surface area contributed by atoms with E-state index < -0.39 is 12.1 Å². The van der Waals surface area contributed by atoms with Crippen molar-refractivity contribution in [3.05, 3.63) is 29.3 Å². The molecule has 0 amide bonds. The lowest BCUT2D eigenvalue weighted by Gasteiger charge is -2.11. The topological polar surface area (TPSA) is 62.1 Å². The van der Waals surface area contributed by atoms with Gasteiger partial charge in [0.15, 0.2) is 0 Å². The molecule has 0 spiro atoms. The summed E-state index contributed by atoms with van der Waals surface area (Å²) in [4.78, 5) is 17.9. The molecule has 0 bridgehead atoms. The Kier molecular flexibility index (Phi) is 2.47. The molecule has 0 aromatic heterocycles. The van der Waals surface area contributed by atoms with E-state index in [0.717, 1.165) is 24.2 Å². The summed E-state index contributed by atoms with van der Waals surface area (Å²) in [5.74, 6) is -0.963. The molecule has 1 aromatic carbocycles. The fourth-order valence-corrected chi connectivity index (χ4v) is 2.43. The van der Waals surface area contributed by atoms with E-state index in [4.69, 9.17) is 9.94 Å². The highest BCUT2D eigenvalue weighted by molar-refractivity contribution is 6.03. The van der Waals surface area contributed by atoms with Crippen LogP contribution in [0.3, 0.4) is 0 Å². The summed E-state index contributed by atoms with van der Waals surface area (Å²) in [5, 5.41) is 12.7. The fourth-order valence-electron chi connectivity index (χ4n) is 2.43. The highest BCUT2D eigenvalue weighted by Gasteiger charge is 2.29. The van der Waals surface area contributed by atoms with Crippen LogP contribution in [0.15, 0.2) is 23.4 Å². The third kappa shape index (κ3) is 1.72. The van der Waals surface area contributed by atoms with Gasteiger partial charge in [-0.05, 0) is 29.7 Å². The second-order valence-electron chi connectivity index (χ2n) is 4.69. The zero-order valence-electron chi connectivity index (χ0n) is 10.1. The van der Waals surface area contributed by atoms with E-state index in [1.807, 2.05) is 6.07 Å². The number of aliphatic carboxylic acids is 1. The van der Waals surface area contributed by atoms with Crippen molar-refractivity contribution < 1.29 is 14.7 Å². The highest BCUT2D eigenvalue weighted by Crippen LogP contribution is 2.29. The molecule has 0 aliphatic carbocycles. The van der Waals surface area contributed by atoms with E-state index in [1.54, 1.807) is 0 Å². The Labute approximate surface area is 105 Å². The van der Waals surface area contributed by atoms with Gasteiger partial charge in [-0.25, -0.2) is 4.79 Å². The quantitative estimate of drug-likeness (QED) is 0.853. The predicted octanol–water partition coefficient (Wildman–Crippen LogP) is 1.26. The molecule has 94 valence electrons. The lowest BCUT2D eigenvalue weighted by atomic mass is 10.0. The third-order valence-electron chi connectivity index (χ3n) is 3.48. The average molecular weight is 246 g/mol. The van der Waals surface area contributed by atoms with Crippen molar-refractivity contribution in [3.8, 4) is 0 Å². The van der Waals surface area contributed by atoms with Gasteiger partial charge >= 0.3 is 5.97 Å². The lowest BCUT2D eigenvalue weighted by Crippen LogP contribution is -2.19. The monoisotopic (exact) mass is 246 g/mol. The molecule has 5 nitrogen and oxygen atoms in total. The van der Waals surface area contributed by atoms with Gasteiger partial charge in [-0.1, -0.05) is 11.2 Å². The van der Waals surface area contributed by atoms with Crippen LogP contribution in [-0.4, -0.2) is 36.5 Å². The normalized spacial score (nSPS) is 21.5. The van der Waals surface area contributed by atoms with E-state index >= 15 is 0 Å². The third-order valence-corrected chi connectivity index (χ3v) is 3.48. The van der Waals surface area contributed by atoms with Crippen molar-refractivity contribution in [3.63, 3.8) is 0 Å². The summed E-state index contributed by atoms with van der Waals surface area (Å²) in [6.45, 7) is 1.03. The van der Waals surface area contributed by atoms with Crippen LogP contribution in [0.5, 0.6) is 0 Å². The largest absolute Gasteiger partial charge is 0.478 e. The Hall–Kier alpha value is -2.04. The van der Waals surface area contributed by atoms with Crippen LogP contribution in [-0.2, 0) is 16.1 Å². The van der Waals surface area contributed by atoms with Crippen molar-refractivity contribution in [2.75, 3.05) is 18.5 Å². The van der Waals surface area contributed by atoms with E-state index in [2.05, 4.69) is 29.2 Å². The van der Waals surface area contributed by atoms with Gasteiger partial charge in [-0.3, -0.25) is 0 Å². The highest BCUT2D eigenvalue weighted by atomic mass is 16.7. The van der Waals surface area contributed by atoms with Crippen molar-refractivity contribution in [2.24, 2.45) is 5.16 Å².